The summed E-state index contributed by atoms with van der Waals surface area (Å²) in [5, 5.41) is 8.08. The normalized spacial score (nSPS) is 16.1. The lowest BCUT2D eigenvalue weighted by Crippen LogP contribution is -2.27. The topological polar surface area (TPSA) is 84.2 Å². The molecule has 1 fully saturated rings. The largest absolute Gasteiger partial charge is 0.395 e. The predicted molar refractivity (Wildman–Crippen MR) is 58.7 cm³/mol. The molecule has 1 amide bonds. The number of nitrogens with one attached hydrogen (secondary N) is 1. The van der Waals surface area contributed by atoms with Crippen LogP contribution >= 0.6 is 0 Å². The third-order valence-corrected chi connectivity index (χ3v) is 2.59. The van der Waals surface area contributed by atoms with Crippen LogP contribution in [0.15, 0.2) is 0 Å². The number of carbonyl (C=O) groups is 1. The zero-order valence-corrected chi connectivity index (χ0v) is 9.49. The Kier molecular flexibility index (Phi) is 2.82. The van der Waals surface area contributed by atoms with Gasteiger partial charge in [0.1, 0.15) is 0 Å². The minimum Gasteiger partial charge on any atom is -0.395 e. The SMILES string of the molecule is CC(C)c1[nH]nc(C(=O)N2CCCO2)c1N. The summed E-state index contributed by atoms with van der Waals surface area (Å²) in [4.78, 5) is 17.1. The Balaban J connectivity index is 2.23. The average molecular weight is 224 g/mol. The third kappa shape index (κ3) is 1.76. The van der Waals surface area contributed by atoms with Crippen LogP contribution in [0, 0.1) is 0 Å². The van der Waals surface area contributed by atoms with Gasteiger partial charge in [-0.2, -0.15) is 5.10 Å². The molecule has 6 nitrogen and oxygen atoms in total. The molecule has 2 heterocycles. The maximum Gasteiger partial charge on any atom is 0.300 e. The molecule has 2 rings (SSSR count). The van der Waals surface area contributed by atoms with Crippen molar-refractivity contribution >= 4 is 11.6 Å². The van der Waals surface area contributed by atoms with Crippen LogP contribution in [-0.4, -0.2) is 34.3 Å². The monoisotopic (exact) mass is 224 g/mol. The molecule has 0 bridgehead atoms. The Labute approximate surface area is 93.7 Å². The Morgan fingerprint density at radius 3 is 2.88 bits per heavy atom. The highest BCUT2D eigenvalue weighted by Crippen LogP contribution is 2.23. The van der Waals surface area contributed by atoms with Crippen molar-refractivity contribution in [3.05, 3.63) is 11.4 Å². The van der Waals surface area contributed by atoms with Gasteiger partial charge in [-0.25, -0.2) is 5.06 Å². The second-order valence-electron chi connectivity index (χ2n) is 4.15. The second kappa shape index (κ2) is 4.13. The number of anilines is 1. The number of hydrogen-bond donors (Lipinski definition) is 2. The number of hydroxylamine groups is 2. The van der Waals surface area contributed by atoms with Crippen LogP contribution in [0.1, 0.15) is 42.4 Å². The van der Waals surface area contributed by atoms with Gasteiger partial charge in [-0.1, -0.05) is 13.8 Å². The van der Waals surface area contributed by atoms with Crippen LogP contribution in [0.2, 0.25) is 0 Å². The van der Waals surface area contributed by atoms with E-state index in [1.165, 1.54) is 5.06 Å². The summed E-state index contributed by atoms with van der Waals surface area (Å²) in [6, 6.07) is 0. The van der Waals surface area contributed by atoms with Gasteiger partial charge >= 0.3 is 0 Å². The Bertz CT molecular complexity index is 394. The number of aromatic amines is 1. The van der Waals surface area contributed by atoms with E-state index in [2.05, 4.69) is 10.2 Å². The number of rotatable bonds is 2. The van der Waals surface area contributed by atoms with Crippen molar-refractivity contribution in [2.75, 3.05) is 18.9 Å². The van der Waals surface area contributed by atoms with Gasteiger partial charge in [-0.3, -0.25) is 14.7 Å². The van der Waals surface area contributed by atoms with Gasteiger partial charge in [0.05, 0.1) is 24.5 Å². The van der Waals surface area contributed by atoms with Gasteiger partial charge in [0.25, 0.3) is 5.91 Å². The van der Waals surface area contributed by atoms with Crippen LogP contribution in [0.3, 0.4) is 0 Å². The molecular formula is C10H16N4O2. The fraction of sp³-hybridized carbons (Fsp3) is 0.600. The summed E-state index contributed by atoms with van der Waals surface area (Å²) in [6.07, 6.45) is 0.854. The lowest BCUT2D eigenvalue weighted by Gasteiger charge is -2.12. The molecule has 0 unspecified atom stereocenters. The van der Waals surface area contributed by atoms with Crippen molar-refractivity contribution in [3.8, 4) is 0 Å². The highest BCUT2D eigenvalue weighted by atomic mass is 16.7. The minimum absolute atomic E-state index is 0.216. The van der Waals surface area contributed by atoms with E-state index in [4.69, 9.17) is 10.6 Å². The fourth-order valence-corrected chi connectivity index (χ4v) is 1.69. The number of hydrogen-bond acceptors (Lipinski definition) is 4. The number of nitrogens with zero attached hydrogens (tertiary/aromatic N) is 2. The molecule has 3 N–H and O–H groups in total. The molecule has 0 radical (unpaired) electrons. The Morgan fingerprint density at radius 2 is 2.38 bits per heavy atom. The molecule has 16 heavy (non-hydrogen) atoms. The first-order valence-corrected chi connectivity index (χ1v) is 5.39. The lowest BCUT2D eigenvalue weighted by atomic mass is 10.1. The first kappa shape index (κ1) is 10.9. The highest BCUT2D eigenvalue weighted by Gasteiger charge is 2.26. The van der Waals surface area contributed by atoms with E-state index in [0.717, 1.165) is 12.1 Å². The van der Waals surface area contributed by atoms with E-state index in [1.54, 1.807) is 0 Å². The number of aromatic nitrogens is 2. The number of carbonyl (C=O) groups excluding carboxylic acids is 1. The van der Waals surface area contributed by atoms with E-state index in [-0.39, 0.29) is 17.5 Å². The van der Waals surface area contributed by atoms with Crippen LogP contribution in [0.25, 0.3) is 0 Å². The summed E-state index contributed by atoms with van der Waals surface area (Å²) in [5.74, 6) is -0.0494. The van der Waals surface area contributed by atoms with Crippen LogP contribution in [0.5, 0.6) is 0 Å². The van der Waals surface area contributed by atoms with Gasteiger partial charge < -0.3 is 5.73 Å². The first-order chi connectivity index (χ1) is 7.61. The number of nitrogen functional groups attached to an aromatic ring is 1. The molecule has 0 spiro atoms. The molecule has 1 aromatic heterocycles. The Morgan fingerprint density at radius 1 is 1.62 bits per heavy atom. The maximum absolute atomic E-state index is 11.9. The Hall–Kier alpha value is -1.56. The molecule has 6 heteroatoms. The summed E-state index contributed by atoms with van der Waals surface area (Å²) in [5.41, 5.74) is 7.35. The zero-order chi connectivity index (χ0) is 11.7. The summed E-state index contributed by atoms with van der Waals surface area (Å²) >= 11 is 0. The zero-order valence-electron chi connectivity index (χ0n) is 9.49. The molecule has 1 saturated heterocycles. The van der Waals surface area contributed by atoms with Crippen molar-refractivity contribution in [2.24, 2.45) is 0 Å². The molecule has 0 aromatic carbocycles. The van der Waals surface area contributed by atoms with Gasteiger partial charge in [-0.15, -0.1) is 0 Å². The van der Waals surface area contributed by atoms with Crippen LogP contribution in [0.4, 0.5) is 5.69 Å². The van der Waals surface area contributed by atoms with Crippen molar-refractivity contribution in [3.63, 3.8) is 0 Å². The van der Waals surface area contributed by atoms with E-state index in [9.17, 15) is 4.79 Å². The average Bonchev–Trinajstić information content (AvgIpc) is 2.84. The summed E-state index contributed by atoms with van der Waals surface area (Å²) in [6.45, 7) is 5.16. The molecular weight excluding hydrogens is 208 g/mol. The fourth-order valence-electron chi connectivity index (χ4n) is 1.69. The quantitative estimate of drug-likeness (QED) is 0.781. The molecule has 1 aromatic rings. The van der Waals surface area contributed by atoms with Crippen LogP contribution < -0.4 is 5.73 Å². The van der Waals surface area contributed by atoms with Gasteiger partial charge in [0, 0.05) is 0 Å². The van der Waals surface area contributed by atoms with Gasteiger partial charge in [0.2, 0.25) is 0 Å². The van der Waals surface area contributed by atoms with Crippen molar-refractivity contribution in [1.82, 2.24) is 15.3 Å². The minimum atomic E-state index is -0.266. The molecule has 0 atom stereocenters. The van der Waals surface area contributed by atoms with E-state index in [0.29, 0.717) is 18.8 Å². The summed E-state index contributed by atoms with van der Waals surface area (Å²) in [7, 11) is 0. The number of nitrogens with two attached hydrogens (primary N) is 1. The lowest BCUT2D eigenvalue weighted by molar-refractivity contribution is -0.0771. The molecule has 88 valence electrons. The van der Waals surface area contributed by atoms with Crippen molar-refractivity contribution < 1.29 is 9.63 Å². The van der Waals surface area contributed by atoms with E-state index < -0.39 is 0 Å². The van der Waals surface area contributed by atoms with Gasteiger partial charge in [-0.05, 0) is 12.3 Å². The molecule has 0 saturated carbocycles. The van der Waals surface area contributed by atoms with Crippen LogP contribution in [-0.2, 0) is 4.84 Å². The van der Waals surface area contributed by atoms with Crippen molar-refractivity contribution in [2.45, 2.75) is 26.2 Å². The smallest absolute Gasteiger partial charge is 0.300 e. The molecule has 0 aliphatic carbocycles. The maximum atomic E-state index is 11.9. The third-order valence-electron chi connectivity index (χ3n) is 2.59. The van der Waals surface area contributed by atoms with E-state index >= 15 is 0 Å². The van der Waals surface area contributed by atoms with Crippen molar-refractivity contribution in [1.29, 1.82) is 0 Å². The second-order valence-corrected chi connectivity index (χ2v) is 4.15. The van der Waals surface area contributed by atoms with Gasteiger partial charge in [0.15, 0.2) is 5.69 Å². The first-order valence-electron chi connectivity index (χ1n) is 5.39. The summed E-state index contributed by atoms with van der Waals surface area (Å²) < 4.78 is 0. The molecule has 1 aliphatic heterocycles. The number of H-pyrrole nitrogens is 1. The standard InChI is InChI=1S/C10H16N4O2/c1-6(2)8-7(11)9(13-12-8)10(15)14-4-3-5-16-14/h6H,3-5,11H2,1-2H3,(H,12,13). The number of amides is 1. The predicted octanol–water partition coefficient (Wildman–Crippen LogP) is 0.893. The van der Waals surface area contributed by atoms with E-state index in [1.807, 2.05) is 13.8 Å². The highest BCUT2D eigenvalue weighted by molar-refractivity contribution is 5.97. The molecule has 1 aliphatic rings.